The molecule has 8 aromatic carbocycles. The van der Waals surface area contributed by atoms with E-state index in [-0.39, 0.29) is 8.41 Å². The summed E-state index contributed by atoms with van der Waals surface area (Å²) < 4.78 is 0. The average Bonchev–Trinajstić information content (AvgIpc) is 2.87. The monoisotopic (exact) mass is 415 g/mol. The minimum atomic E-state index is 0. The zero-order chi connectivity index (χ0) is 21.1. The Balaban J connectivity index is 0.000000121. The third-order valence-electron chi connectivity index (χ3n) is 6.79. The Morgan fingerprint density at radius 1 is 0.212 bits per heavy atom. The normalized spacial score (nSPS) is 11.4. The molecule has 0 unspecified atom stereocenters. The lowest BCUT2D eigenvalue weighted by atomic mass is 9.95. The van der Waals surface area contributed by atoms with Crippen LogP contribution in [0, 0.1) is 0 Å². The van der Waals surface area contributed by atoms with Crippen molar-refractivity contribution in [1.29, 1.82) is 0 Å². The van der Waals surface area contributed by atoms with Crippen molar-refractivity contribution in [3.63, 3.8) is 0 Å². The van der Waals surface area contributed by atoms with Gasteiger partial charge in [-0.05, 0) is 64.6 Å². The molecule has 0 saturated carbocycles. The van der Waals surface area contributed by atoms with Crippen LogP contribution in [0.2, 0.25) is 0 Å². The molecule has 0 bridgehead atoms. The van der Waals surface area contributed by atoms with E-state index in [0.717, 1.165) is 0 Å². The van der Waals surface area contributed by atoms with E-state index in [2.05, 4.69) is 121 Å². The highest BCUT2D eigenvalue weighted by molar-refractivity contribution is 6.23. The van der Waals surface area contributed by atoms with Gasteiger partial charge in [-0.15, -0.1) is 0 Å². The molecule has 0 aromatic heterocycles. The van der Waals surface area contributed by atoms with Gasteiger partial charge in [-0.1, -0.05) is 121 Å². The van der Waals surface area contributed by atoms with Crippen molar-refractivity contribution in [1.82, 2.24) is 0 Å². The number of rotatable bonds is 0. The van der Waals surface area contributed by atoms with E-state index < -0.39 is 0 Å². The van der Waals surface area contributed by atoms with Crippen LogP contribution in [0.3, 0.4) is 0 Å². The predicted molar refractivity (Wildman–Crippen MR) is 146 cm³/mol. The van der Waals surface area contributed by atoms with Crippen LogP contribution in [-0.4, -0.2) is 8.41 Å². The molecule has 0 aliphatic rings. The first-order chi connectivity index (χ1) is 15.9. The van der Waals surface area contributed by atoms with E-state index in [1.54, 1.807) is 0 Å². The molecule has 1 heteroatoms. The van der Waals surface area contributed by atoms with Crippen LogP contribution in [0.5, 0.6) is 0 Å². The van der Waals surface area contributed by atoms with Gasteiger partial charge in [-0.3, -0.25) is 0 Å². The first kappa shape index (κ1) is 19.6. The van der Waals surface area contributed by atoms with Crippen molar-refractivity contribution < 1.29 is 0 Å². The molecule has 0 saturated heterocycles. The first-order valence-electron chi connectivity index (χ1n) is 11.1. The van der Waals surface area contributed by atoms with Crippen molar-refractivity contribution in [2.24, 2.45) is 0 Å². The van der Waals surface area contributed by atoms with Crippen molar-refractivity contribution in [2.45, 2.75) is 0 Å². The van der Waals surface area contributed by atoms with Gasteiger partial charge in [-0.25, -0.2) is 0 Å². The fourth-order valence-corrected chi connectivity index (χ4v) is 5.34. The van der Waals surface area contributed by atoms with E-state index in [4.69, 9.17) is 0 Å². The number of hydrogen-bond donors (Lipinski definition) is 0. The predicted octanol–water partition coefficient (Wildman–Crippen LogP) is 8.79. The lowest BCUT2D eigenvalue weighted by Crippen LogP contribution is -1.82. The number of hydrogen-bond acceptors (Lipinski definition) is 0. The summed E-state index contributed by atoms with van der Waals surface area (Å²) in [5.41, 5.74) is 0. The Kier molecular flexibility index (Phi) is 4.45. The SMILES string of the molecule is [B].c1cc2ccc3cccc4ccc(c1)c2c34.c1cc2ccc3cccc4ccc(c1)c2c34. The van der Waals surface area contributed by atoms with E-state index in [9.17, 15) is 0 Å². The summed E-state index contributed by atoms with van der Waals surface area (Å²) in [6.45, 7) is 0. The maximum absolute atomic E-state index is 2.21. The summed E-state index contributed by atoms with van der Waals surface area (Å²) in [6.07, 6.45) is 0. The van der Waals surface area contributed by atoms with E-state index >= 15 is 0 Å². The minimum absolute atomic E-state index is 0. The average molecular weight is 415 g/mol. The van der Waals surface area contributed by atoms with Crippen LogP contribution in [0.4, 0.5) is 0 Å². The highest BCUT2D eigenvalue weighted by Gasteiger charge is 2.07. The number of benzene rings is 8. The molecule has 0 fully saturated rings. The van der Waals surface area contributed by atoms with E-state index in [1.807, 2.05) is 0 Å². The Hall–Kier alpha value is -4.10. The Morgan fingerprint density at radius 2 is 0.364 bits per heavy atom. The van der Waals surface area contributed by atoms with Gasteiger partial charge in [0.15, 0.2) is 0 Å². The molecule has 0 N–H and O–H groups in total. The zero-order valence-electron chi connectivity index (χ0n) is 18.1. The molecule has 8 aromatic rings. The topological polar surface area (TPSA) is 0 Å². The van der Waals surface area contributed by atoms with Crippen molar-refractivity contribution in [2.75, 3.05) is 0 Å². The smallest absolute Gasteiger partial charge is 0 e. The van der Waals surface area contributed by atoms with Crippen LogP contribution >= 0.6 is 0 Å². The van der Waals surface area contributed by atoms with Crippen molar-refractivity contribution in [3.8, 4) is 0 Å². The second-order valence-electron chi connectivity index (χ2n) is 8.58. The largest absolute Gasteiger partial charge is 0.0610 e. The molecule has 0 aliphatic carbocycles. The van der Waals surface area contributed by atoms with Crippen molar-refractivity contribution >= 4 is 73.0 Å². The summed E-state index contributed by atoms with van der Waals surface area (Å²) in [6, 6.07) is 43.7. The summed E-state index contributed by atoms with van der Waals surface area (Å²) in [7, 11) is 0. The van der Waals surface area contributed by atoms with Crippen LogP contribution < -0.4 is 0 Å². The Bertz CT molecular complexity index is 1480. The Labute approximate surface area is 194 Å². The summed E-state index contributed by atoms with van der Waals surface area (Å²) >= 11 is 0. The molecule has 0 nitrogen and oxygen atoms in total. The molecule has 151 valence electrons. The van der Waals surface area contributed by atoms with Gasteiger partial charge >= 0.3 is 0 Å². The summed E-state index contributed by atoms with van der Waals surface area (Å²) in [5, 5.41) is 16.3. The van der Waals surface area contributed by atoms with Crippen molar-refractivity contribution in [3.05, 3.63) is 121 Å². The zero-order valence-corrected chi connectivity index (χ0v) is 18.1. The fraction of sp³-hybridized carbons (Fsp3) is 0. The second-order valence-corrected chi connectivity index (χ2v) is 8.58. The van der Waals surface area contributed by atoms with Crippen LogP contribution in [0.1, 0.15) is 0 Å². The van der Waals surface area contributed by atoms with Gasteiger partial charge in [0.05, 0.1) is 0 Å². The van der Waals surface area contributed by atoms with Gasteiger partial charge < -0.3 is 0 Å². The van der Waals surface area contributed by atoms with Gasteiger partial charge in [-0.2, -0.15) is 0 Å². The van der Waals surface area contributed by atoms with Gasteiger partial charge in [0.2, 0.25) is 0 Å². The van der Waals surface area contributed by atoms with Crippen LogP contribution in [0.25, 0.3) is 64.6 Å². The minimum Gasteiger partial charge on any atom is -0.0610 e. The lowest BCUT2D eigenvalue weighted by molar-refractivity contribution is 1.78. The molecule has 0 amide bonds. The molecule has 3 radical (unpaired) electrons. The molecule has 8 rings (SSSR count). The summed E-state index contributed by atoms with van der Waals surface area (Å²) in [4.78, 5) is 0. The maximum Gasteiger partial charge on any atom is 0 e. The third-order valence-corrected chi connectivity index (χ3v) is 6.79. The third kappa shape index (κ3) is 2.93. The van der Waals surface area contributed by atoms with Gasteiger partial charge in [0, 0.05) is 8.41 Å². The molecular weight excluding hydrogens is 395 g/mol. The standard InChI is InChI=1S/2C16H10.B/c2*1-3-11-7-9-13-5-2-6-14-10-8-12(4-1)15(11)16(13)14;/h2*1-10H;. The summed E-state index contributed by atoms with van der Waals surface area (Å²) in [5.74, 6) is 0. The molecular formula is C32H20B. The quantitative estimate of drug-likeness (QED) is 0.171. The van der Waals surface area contributed by atoms with Gasteiger partial charge in [0.1, 0.15) is 0 Å². The maximum atomic E-state index is 2.21. The highest BCUT2D eigenvalue weighted by atomic mass is 14.1. The lowest BCUT2D eigenvalue weighted by Gasteiger charge is -2.09. The molecule has 0 spiro atoms. The first-order valence-corrected chi connectivity index (χ1v) is 11.1. The van der Waals surface area contributed by atoms with Crippen LogP contribution in [0.15, 0.2) is 121 Å². The van der Waals surface area contributed by atoms with Gasteiger partial charge in [0.25, 0.3) is 0 Å². The molecule has 33 heavy (non-hydrogen) atoms. The Morgan fingerprint density at radius 3 is 0.515 bits per heavy atom. The van der Waals surface area contributed by atoms with E-state index in [0.29, 0.717) is 0 Å². The highest BCUT2D eigenvalue weighted by Crippen LogP contribution is 2.35. The van der Waals surface area contributed by atoms with Crippen LogP contribution in [-0.2, 0) is 0 Å². The van der Waals surface area contributed by atoms with E-state index in [1.165, 1.54) is 64.6 Å². The molecule has 0 atom stereocenters. The molecule has 0 heterocycles. The second kappa shape index (κ2) is 7.50. The fourth-order valence-electron chi connectivity index (χ4n) is 5.34. The molecule has 0 aliphatic heterocycles.